The third kappa shape index (κ3) is 22.1. The molecule has 27 heteroatoms. The Balaban J connectivity index is 0.000000203. The molecule has 9 aromatic rings. The minimum atomic E-state index is -0.896. The molecular formula is C76H89ClN8O14S4. The van der Waals surface area contributed by atoms with E-state index >= 15 is 0 Å². The Morgan fingerprint density at radius 1 is 0.495 bits per heavy atom. The van der Waals surface area contributed by atoms with E-state index in [-0.39, 0.29) is 45.4 Å². The van der Waals surface area contributed by atoms with E-state index in [2.05, 4.69) is 25.0 Å². The van der Waals surface area contributed by atoms with Gasteiger partial charge in [0.15, 0.2) is 0 Å². The standard InChI is InChI=1S/C21H21N3O2S.C16H17NO3S.C15H15NO3S.C14H17NO3S.C6H8N2.C2H3ClO.2CH4O/c22-17-3-1-2-4-18(17)24-19(25)15-5-7-16(8-6-15)21(9-12-26-13-10-21)20-23-11-14-27-20;1-19-14(18)12-2-4-13(5-3-12)16(6-9-20-10-7-16)15-17-8-11-21-15;17-13(18)11-1-3-12(4-2-11)15(5-8-19-9-6-15)14-16-7-10-20-14;1-17-12(16)10-2-4-11(5-3-10)14(13(15)19)6-8-18-9-7-14;7-5-3-1-2-4-6(5)8;3-1-2-4;2*1-2/h1-8,11,14H,9-10,12-13,22H2,(H,24,25);2-5,8,11H,6-7,9-10H2,1H3;1-4,7,10H,5-6,8-9H2,(H,17,18);2-5H,6-9H2,1H3,(H2,15,19);1-4H,7-8H2;2H,1H2;2*2H,1H3. The number of aromatic carboxylic acids is 1. The number of aldehydes is 1. The summed E-state index contributed by atoms with van der Waals surface area (Å²) in [5.41, 5.74) is 31.0. The Morgan fingerprint density at radius 3 is 1.08 bits per heavy atom. The van der Waals surface area contributed by atoms with Crippen molar-refractivity contribution in [3.8, 4) is 0 Å². The first-order valence-electron chi connectivity index (χ1n) is 32.8. The van der Waals surface area contributed by atoms with Gasteiger partial charge in [-0.1, -0.05) is 85.0 Å². The number of carbonyl (C=O) groups is 5. The number of aliphatic hydroxyl groups excluding tert-OH is 2. The molecule has 0 saturated carbocycles. The number of halogens is 1. The summed E-state index contributed by atoms with van der Waals surface area (Å²) in [6.07, 6.45) is 13.1. The highest BCUT2D eigenvalue weighted by Gasteiger charge is 2.42. The minimum absolute atomic E-state index is 0.0962. The third-order valence-corrected chi connectivity index (χ3v) is 21.2. The van der Waals surface area contributed by atoms with Crippen molar-refractivity contribution in [2.45, 2.75) is 73.0 Å². The second-order valence-corrected chi connectivity index (χ2v) is 26.7. The number of amides is 1. The molecule has 548 valence electrons. The monoisotopic (exact) mass is 1500 g/mol. The van der Waals surface area contributed by atoms with Crippen LogP contribution in [0.5, 0.6) is 0 Å². The molecule has 0 spiro atoms. The molecule has 3 aromatic heterocycles. The lowest BCUT2D eigenvalue weighted by atomic mass is 9.74. The highest BCUT2D eigenvalue weighted by atomic mass is 35.5. The lowest BCUT2D eigenvalue weighted by Gasteiger charge is -2.36. The number of methoxy groups -OCH3 is 2. The Labute approximate surface area is 622 Å². The van der Waals surface area contributed by atoms with Gasteiger partial charge in [0.25, 0.3) is 5.91 Å². The van der Waals surface area contributed by atoms with Crippen LogP contribution >= 0.6 is 57.8 Å². The van der Waals surface area contributed by atoms with Crippen LogP contribution in [0.25, 0.3) is 0 Å². The summed E-state index contributed by atoms with van der Waals surface area (Å²) in [7, 11) is 4.76. The van der Waals surface area contributed by atoms with Crippen LogP contribution < -0.4 is 28.3 Å². The van der Waals surface area contributed by atoms with Crippen molar-refractivity contribution in [3.63, 3.8) is 0 Å². The van der Waals surface area contributed by atoms with Gasteiger partial charge in [-0.25, -0.2) is 29.3 Å². The molecule has 13 rings (SSSR count). The fourth-order valence-corrected chi connectivity index (χ4v) is 15.2. The van der Waals surface area contributed by atoms with Crippen molar-refractivity contribution in [3.05, 3.63) is 240 Å². The highest BCUT2D eigenvalue weighted by Crippen LogP contribution is 2.45. The Hall–Kier alpha value is -8.90. The van der Waals surface area contributed by atoms with Gasteiger partial charge in [-0.05, 0) is 146 Å². The fourth-order valence-electron chi connectivity index (χ4n) is 12.1. The number of anilines is 4. The molecule has 4 saturated heterocycles. The number of rotatable bonds is 14. The van der Waals surface area contributed by atoms with E-state index in [9.17, 15) is 19.2 Å². The average Bonchev–Trinajstić information content (AvgIpc) is 1.78. The number of nitrogen functional groups attached to an aromatic ring is 3. The molecule has 0 atom stereocenters. The second-order valence-electron chi connectivity index (χ2n) is 23.2. The van der Waals surface area contributed by atoms with Crippen molar-refractivity contribution in [2.75, 3.05) is 110 Å². The molecule has 4 aliphatic rings. The number of nitrogens with one attached hydrogen (secondary N) is 1. The van der Waals surface area contributed by atoms with Crippen LogP contribution in [0.4, 0.5) is 22.7 Å². The first-order chi connectivity index (χ1) is 50.0. The molecule has 1 amide bonds. The summed E-state index contributed by atoms with van der Waals surface area (Å²) in [6, 6.07) is 44.4. The number of aliphatic hydroxyl groups is 2. The van der Waals surface area contributed by atoms with E-state index < -0.39 is 5.97 Å². The van der Waals surface area contributed by atoms with E-state index in [1.54, 1.807) is 82.5 Å². The molecule has 6 aromatic carbocycles. The number of nitrogens with zero attached hydrogens (tertiary/aromatic N) is 3. The Kier molecular flexibility index (Phi) is 34.4. The summed E-state index contributed by atoms with van der Waals surface area (Å²) in [5.74, 6) is -1.61. The number of para-hydroxylation sites is 4. The molecule has 0 bridgehead atoms. The molecule has 103 heavy (non-hydrogen) atoms. The molecule has 12 N–H and O–H groups in total. The van der Waals surface area contributed by atoms with Gasteiger partial charge in [0.05, 0.1) is 80.8 Å². The number of hydrogen-bond donors (Lipinski definition) is 8. The van der Waals surface area contributed by atoms with Crippen molar-refractivity contribution >= 4 is 116 Å². The van der Waals surface area contributed by atoms with E-state index in [1.165, 1.54) is 25.3 Å². The number of aromatic nitrogens is 3. The number of carboxylic acid groups (broad SMARTS) is 1. The van der Waals surface area contributed by atoms with Crippen LogP contribution in [0.15, 0.2) is 180 Å². The van der Waals surface area contributed by atoms with Gasteiger partial charge in [0.2, 0.25) is 0 Å². The van der Waals surface area contributed by atoms with Gasteiger partial charge in [-0.15, -0.1) is 45.6 Å². The second kappa shape index (κ2) is 42.6. The molecule has 4 aliphatic heterocycles. The SMILES string of the molecule is CO.CO.COC(=O)c1ccc(C2(C(N)=S)CCOCC2)cc1.COC(=O)c1ccc(C2(c3nccs3)CCOCC2)cc1.Nc1ccccc1N.Nc1ccccc1NC(=O)c1ccc(C2(c3nccs3)CCOCC2)cc1.O=C(O)c1ccc(C2(c3nccs3)CCOCC2)cc1.O=CCCl. The number of carboxylic acids is 1. The van der Waals surface area contributed by atoms with Crippen LogP contribution in [0.1, 0.15) is 130 Å². The Bertz CT molecular complexity index is 3980. The first kappa shape index (κ1) is 83.1. The highest BCUT2D eigenvalue weighted by molar-refractivity contribution is 7.80. The van der Waals surface area contributed by atoms with Crippen LogP contribution in [0.3, 0.4) is 0 Å². The summed E-state index contributed by atoms with van der Waals surface area (Å²) in [6.45, 7) is 5.62. The average molecular weight is 1500 g/mol. The van der Waals surface area contributed by atoms with Crippen LogP contribution in [0, 0.1) is 0 Å². The number of benzene rings is 6. The van der Waals surface area contributed by atoms with Gasteiger partial charge in [0.1, 0.15) is 21.3 Å². The largest absolute Gasteiger partial charge is 0.478 e. The molecule has 0 radical (unpaired) electrons. The maximum atomic E-state index is 12.6. The molecular weight excluding hydrogens is 1410 g/mol. The van der Waals surface area contributed by atoms with Crippen molar-refractivity contribution in [1.82, 2.24) is 15.0 Å². The molecule has 4 fully saturated rings. The van der Waals surface area contributed by atoms with Gasteiger partial charge in [-0.3, -0.25) is 4.79 Å². The topological polar surface area (TPSA) is 356 Å². The number of ether oxygens (including phenoxy) is 6. The molecule has 22 nitrogen and oxygen atoms in total. The Morgan fingerprint density at radius 2 is 0.796 bits per heavy atom. The lowest BCUT2D eigenvalue weighted by molar-refractivity contribution is -0.105. The zero-order valence-corrected chi connectivity index (χ0v) is 61.9. The predicted octanol–water partition coefficient (Wildman–Crippen LogP) is 12.3. The third-order valence-electron chi connectivity index (χ3n) is 17.8. The summed E-state index contributed by atoms with van der Waals surface area (Å²) < 4.78 is 31.4. The maximum absolute atomic E-state index is 12.6. The zero-order valence-electron chi connectivity index (χ0n) is 57.9. The van der Waals surface area contributed by atoms with E-state index in [0.29, 0.717) is 82.7 Å². The van der Waals surface area contributed by atoms with Crippen LogP contribution in [0.2, 0.25) is 0 Å². The number of alkyl halides is 1. The van der Waals surface area contributed by atoms with Gasteiger partial charge in [-0.2, -0.15) is 0 Å². The van der Waals surface area contributed by atoms with Gasteiger partial charge >= 0.3 is 17.9 Å². The van der Waals surface area contributed by atoms with E-state index in [4.69, 9.17) is 90.6 Å². The molecule has 7 heterocycles. The van der Waals surface area contributed by atoms with Crippen LogP contribution in [-0.4, -0.2) is 153 Å². The number of nitrogens with two attached hydrogens (primary N) is 4. The van der Waals surface area contributed by atoms with E-state index in [1.807, 2.05) is 132 Å². The lowest BCUT2D eigenvalue weighted by Crippen LogP contribution is -2.44. The zero-order chi connectivity index (χ0) is 74.7. The van der Waals surface area contributed by atoms with Crippen LogP contribution in [-0.2, 0) is 54.9 Å². The summed E-state index contributed by atoms with van der Waals surface area (Å²) in [5, 5.41) is 35.2. The minimum Gasteiger partial charge on any atom is -0.478 e. The predicted molar refractivity (Wildman–Crippen MR) is 410 cm³/mol. The molecule has 0 aliphatic carbocycles. The van der Waals surface area contributed by atoms with Crippen molar-refractivity contribution in [2.24, 2.45) is 5.73 Å². The number of thiocarbonyl (C=S) groups is 1. The van der Waals surface area contributed by atoms with Gasteiger partial charge < -0.3 is 76.8 Å². The first-order valence-corrected chi connectivity index (χ1v) is 36.4. The number of thiazole rings is 3. The number of hydrogen-bond acceptors (Lipinski definition) is 23. The molecule has 0 unspecified atom stereocenters. The van der Waals surface area contributed by atoms with Crippen molar-refractivity contribution < 1.29 is 67.7 Å². The number of esters is 2. The number of carbonyl (C=O) groups excluding carboxylic acids is 4. The van der Waals surface area contributed by atoms with E-state index in [0.717, 1.165) is 118 Å². The smallest absolute Gasteiger partial charge is 0.337 e. The summed E-state index contributed by atoms with van der Waals surface area (Å²) in [4.78, 5) is 69.6. The van der Waals surface area contributed by atoms with Crippen molar-refractivity contribution in [1.29, 1.82) is 0 Å². The normalized spacial score (nSPS) is 15.5. The fraction of sp³-hybridized carbons (Fsp3) is 0.329. The quantitative estimate of drug-likeness (QED) is 0.0165. The maximum Gasteiger partial charge on any atom is 0.337 e. The van der Waals surface area contributed by atoms with Gasteiger partial charge in [0, 0.05) is 113 Å². The summed E-state index contributed by atoms with van der Waals surface area (Å²) >= 11 is 15.1.